The third-order valence-corrected chi connectivity index (χ3v) is 1.79. The van der Waals surface area contributed by atoms with Gasteiger partial charge in [0.1, 0.15) is 11.5 Å². The first-order valence-corrected chi connectivity index (χ1v) is 4.55. The predicted molar refractivity (Wildman–Crippen MR) is 56.2 cm³/mol. The topological polar surface area (TPSA) is 48.4 Å². The van der Waals surface area contributed by atoms with Crippen LogP contribution in [0.15, 0.2) is 24.9 Å². The lowest BCUT2D eigenvalue weighted by atomic mass is 10.2. The van der Waals surface area contributed by atoms with E-state index < -0.39 is 5.97 Å². The molecule has 0 N–H and O–H groups in total. The second-order valence-corrected chi connectivity index (χ2v) is 2.78. The third kappa shape index (κ3) is 2.80. The quantitative estimate of drug-likeness (QED) is 0.558. The van der Waals surface area contributed by atoms with E-state index in [1.807, 2.05) is 6.92 Å². The Bertz CT molecular complexity index is 374. The van der Waals surface area contributed by atoms with Crippen LogP contribution >= 0.6 is 0 Å². The van der Waals surface area contributed by atoms with Gasteiger partial charge in [-0.05, 0) is 19.1 Å². The molecule has 0 spiro atoms. The highest BCUT2D eigenvalue weighted by Gasteiger charge is 2.08. The van der Waals surface area contributed by atoms with E-state index in [0.29, 0.717) is 23.6 Å². The number of carbonyl (C=O) groups is 1. The van der Waals surface area contributed by atoms with Crippen LogP contribution in [-0.4, -0.2) is 24.7 Å². The van der Waals surface area contributed by atoms with Gasteiger partial charge in [0.25, 0.3) is 0 Å². The third-order valence-electron chi connectivity index (χ3n) is 1.79. The fraction of sp³-hybridized carbons (Fsp3) is 0.273. The van der Waals surface area contributed by atoms with Crippen LogP contribution in [0.4, 0.5) is 0 Å². The molecule has 0 aliphatic carbocycles. The molecule has 0 unspecified atom stereocenters. The van der Waals surface area contributed by atoms with E-state index in [-0.39, 0.29) is 0 Å². The van der Waals surface area contributed by atoms with Gasteiger partial charge < -0.3 is 9.47 Å². The van der Waals surface area contributed by atoms with Crippen LogP contribution in [0.1, 0.15) is 23.0 Å². The Kier molecular flexibility index (Phi) is 3.85. The van der Waals surface area contributed by atoms with Crippen molar-refractivity contribution in [3.63, 3.8) is 0 Å². The largest absolute Gasteiger partial charge is 0.492 e. The summed E-state index contributed by atoms with van der Waals surface area (Å²) in [6.45, 7) is 6.08. The van der Waals surface area contributed by atoms with E-state index in [0.717, 1.165) is 0 Å². The smallest absolute Gasteiger partial charge is 0.337 e. The van der Waals surface area contributed by atoms with E-state index in [1.54, 1.807) is 12.1 Å². The molecule has 4 nitrogen and oxygen atoms in total. The molecular formula is C11H13NO3. The molecule has 0 saturated heterocycles. The summed E-state index contributed by atoms with van der Waals surface area (Å²) in [5.74, 6) is 0.0474. The maximum Gasteiger partial charge on any atom is 0.337 e. The molecule has 0 aromatic carbocycles. The second kappa shape index (κ2) is 5.14. The molecule has 1 aromatic rings. The zero-order valence-electron chi connectivity index (χ0n) is 8.82. The van der Waals surface area contributed by atoms with Crippen LogP contribution in [-0.2, 0) is 9.47 Å². The zero-order valence-corrected chi connectivity index (χ0v) is 8.82. The van der Waals surface area contributed by atoms with Crippen LogP contribution in [0, 0.1) is 0 Å². The van der Waals surface area contributed by atoms with Crippen molar-refractivity contribution in [1.82, 2.24) is 4.98 Å². The highest BCUT2D eigenvalue weighted by molar-refractivity contribution is 5.89. The first-order valence-electron chi connectivity index (χ1n) is 4.55. The number of aromatic nitrogens is 1. The monoisotopic (exact) mass is 207 g/mol. The molecule has 15 heavy (non-hydrogen) atoms. The standard InChI is InChI=1S/C11H13NO3/c1-4-15-8(2)10-7-9(5-6-12-10)11(13)14-3/h5-7H,2,4H2,1,3H3. The summed E-state index contributed by atoms with van der Waals surface area (Å²) in [4.78, 5) is 15.3. The highest BCUT2D eigenvalue weighted by Crippen LogP contribution is 2.12. The van der Waals surface area contributed by atoms with Gasteiger partial charge in [-0.15, -0.1) is 0 Å². The molecule has 0 radical (unpaired) electrons. The normalized spacial score (nSPS) is 9.47. The molecule has 1 aromatic heterocycles. The van der Waals surface area contributed by atoms with Crippen molar-refractivity contribution in [3.05, 3.63) is 36.2 Å². The lowest BCUT2D eigenvalue weighted by molar-refractivity contribution is 0.0600. The molecule has 0 aliphatic heterocycles. The minimum Gasteiger partial charge on any atom is -0.492 e. The van der Waals surface area contributed by atoms with Crippen molar-refractivity contribution in [3.8, 4) is 0 Å². The van der Waals surface area contributed by atoms with E-state index >= 15 is 0 Å². The number of hydrogen-bond donors (Lipinski definition) is 0. The maximum atomic E-state index is 11.2. The van der Waals surface area contributed by atoms with Crippen molar-refractivity contribution in [2.45, 2.75) is 6.92 Å². The van der Waals surface area contributed by atoms with Gasteiger partial charge in [0.2, 0.25) is 0 Å². The molecule has 0 bridgehead atoms. The number of carbonyl (C=O) groups excluding carboxylic acids is 1. The van der Waals surface area contributed by atoms with Gasteiger partial charge in [-0.25, -0.2) is 4.79 Å². The molecule has 0 amide bonds. The molecular weight excluding hydrogens is 194 g/mol. The summed E-state index contributed by atoms with van der Waals surface area (Å²) < 4.78 is 9.78. The van der Waals surface area contributed by atoms with Gasteiger partial charge >= 0.3 is 5.97 Å². The Morgan fingerprint density at radius 1 is 1.60 bits per heavy atom. The highest BCUT2D eigenvalue weighted by atomic mass is 16.5. The number of pyridine rings is 1. The van der Waals surface area contributed by atoms with Gasteiger partial charge in [0, 0.05) is 6.20 Å². The fourth-order valence-corrected chi connectivity index (χ4v) is 1.08. The minimum atomic E-state index is -0.400. The molecule has 0 atom stereocenters. The SMILES string of the molecule is C=C(OCC)c1cc(C(=O)OC)ccn1. The lowest BCUT2D eigenvalue weighted by Gasteiger charge is -2.06. The Morgan fingerprint density at radius 2 is 2.33 bits per heavy atom. The van der Waals surface area contributed by atoms with E-state index in [1.165, 1.54) is 13.3 Å². The molecule has 80 valence electrons. The van der Waals surface area contributed by atoms with Gasteiger partial charge in [-0.3, -0.25) is 4.98 Å². The van der Waals surface area contributed by atoms with E-state index in [4.69, 9.17) is 4.74 Å². The first kappa shape index (κ1) is 11.2. The molecule has 4 heteroatoms. The average Bonchev–Trinajstić information content (AvgIpc) is 2.28. The van der Waals surface area contributed by atoms with Crippen LogP contribution in [0.25, 0.3) is 5.76 Å². The number of hydrogen-bond acceptors (Lipinski definition) is 4. The van der Waals surface area contributed by atoms with Crippen LogP contribution < -0.4 is 0 Å². The van der Waals surface area contributed by atoms with E-state index in [2.05, 4.69) is 16.3 Å². The van der Waals surface area contributed by atoms with E-state index in [9.17, 15) is 4.79 Å². The molecule has 0 saturated carbocycles. The average molecular weight is 207 g/mol. The Balaban J connectivity index is 2.92. The summed E-state index contributed by atoms with van der Waals surface area (Å²) in [5.41, 5.74) is 0.975. The van der Waals surface area contributed by atoms with Crippen molar-refractivity contribution >= 4 is 11.7 Å². The number of ether oxygens (including phenoxy) is 2. The molecule has 0 fully saturated rings. The van der Waals surface area contributed by atoms with Crippen LogP contribution in [0.3, 0.4) is 0 Å². The van der Waals surface area contributed by atoms with Crippen molar-refractivity contribution in [1.29, 1.82) is 0 Å². The molecule has 0 aliphatic rings. The van der Waals surface area contributed by atoms with Gasteiger partial charge in [0.15, 0.2) is 0 Å². The van der Waals surface area contributed by atoms with Crippen molar-refractivity contribution < 1.29 is 14.3 Å². The summed E-state index contributed by atoms with van der Waals surface area (Å²) in [6.07, 6.45) is 1.52. The van der Waals surface area contributed by atoms with Crippen molar-refractivity contribution in [2.24, 2.45) is 0 Å². The molecule has 1 heterocycles. The number of rotatable bonds is 4. The van der Waals surface area contributed by atoms with Gasteiger partial charge in [0.05, 0.1) is 19.3 Å². The fourth-order valence-electron chi connectivity index (χ4n) is 1.08. The minimum absolute atomic E-state index is 0.400. The first-order chi connectivity index (χ1) is 7.19. The van der Waals surface area contributed by atoms with Crippen LogP contribution in [0.2, 0.25) is 0 Å². The predicted octanol–water partition coefficient (Wildman–Crippen LogP) is 1.88. The Morgan fingerprint density at radius 3 is 2.93 bits per heavy atom. The second-order valence-electron chi connectivity index (χ2n) is 2.78. The number of esters is 1. The maximum absolute atomic E-state index is 11.2. The summed E-state index contributed by atoms with van der Waals surface area (Å²) in [6, 6.07) is 3.17. The summed E-state index contributed by atoms with van der Waals surface area (Å²) in [7, 11) is 1.33. The van der Waals surface area contributed by atoms with Crippen LogP contribution in [0.5, 0.6) is 0 Å². The zero-order chi connectivity index (χ0) is 11.3. The molecule has 1 rings (SSSR count). The number of methoxy groups -OCH3 is 1. The Hall–Kier alpha value is -1.84. The summed E-state index contributed by atoms with van der Waals surface area (Å²) >= 11 is 0. The lowest BCUT2D eigenvalue weighted by Crippen LogP contribution is -2.03. The Labute approximate surface area is 88.5 Å². The van der Waals surface area contributed by atoms with Crippen molar-refractivity contribution in [2.75, 3.05) is 13.7 Å². The van der Waals surface area contributed by atoms with Gasteiger partial charge in [-0.1, -0.05) is 6.58 Å². The summed E-state index contributed by atoms with van der Waals surface area (Å²) in [5, 5.41) is 0. The van der Waals surface area contributed by atoms with Gasteiger partial charge in [-0.2, -0.15) is 0 Å². The number of nitrogens with zero attached hydrogens (tertiary/aromatic N) is 1.